The van der Waals surface area contributed by atoms with Crippen LogP contribution in [0.25, 0.3) is 11.3 Å². The normalized spacial score (nSPS) is 12.7. The van der Waals surface area contributed by atoms with Crippen molar-refractivity contribution in [1.29, 1.82) is 0 Å². The molecule has 0 radical (unpaired) electrons. The standard InChI is InChI=1S/C15H15F3N4O/c1-9(7-13(19)23)20-14-11(15(16,17)18)8-12(21-22-14)10-5-3-2-4-6-10/h2-6,8-9H,7H2,1H3,(H2,19,23)(H,20,22). The average Bonchev–Trinajstić information content (AvgIpc) is 2.46. The highest BCUT2D eigenvalue weighted by molar-refractivity contribution is 5.75. The van der Waals surface area contributed by atoms with Gasteiger partial charge in [-0.05, 0) is 13.0 Å². The summed E-state index contributed by atoms with van der Waals surface area (Å²) in [6.45, 7) is 1.54. The Balaban J connectivity index is 2.38. The highest BCUT2D eigenvalue weighted by Crippen LogP contribution is 2.35. The highest BCUT2D eigenvalue weighted by Gasteiger charge is 2.35. The van der Waals surface area contributed by atoms with E-state index in [4.69, 9.17) is 5.73 Å². The van der Waals surface area contributed by atoms with Gasteiger partial charge in [0.25, 0.3) is 0 Å². The van der Waals surface area contributed by atoms with Crippen LogP contribution in [0.2, 0.25) is 0 Å². The van der Waals surface area contributed by atoms with Gasteiger partial charge in [0, 0.05) is 18.0 Å². The van der Waals surface area contributed by atoms with Crippen molar-refractivity contribution in [3.05, 3.63) is 42.0 Å². The Kier molecular flexibility index (Phi) is 4.83. The predicted molar refractivity (Wildman–Crippen MR) is 79.4 cm³/mol. The van der Waals surface area contributed by atoms with E-state index in [-0.39, 0.29) is 12.1 Å². The third-order valence-corrected chi connectivity index (χ3v) is 3.06. The summed E-state index contributed by atoms with van der Waals surface area (Å²) in [5.74, 6) is -1.04. The van der Waals surface area contributed by atoms with E-state index in [1.54, 1.807) is 30.3 Å². The lowest BCUT2D eigenvalue weighted by Crippen LogP contribution is -2.26. The first-order chi connectivity index (χ1) is 10.8. The van der Waals surface area contributed by atoms with E-state index in [9.17, 15) is 18.0 Å². The van der Waals surface area contributed by atoms with Crippen LogP contribution in [0, 0.1) is 0 Å². The van der Waals surface area contributed by atoms with Crippen molar-refractivity contribution in [3.8, 4) is 11.3 Å². The van der Waals surface area contributed by atoms with Crippen molar-refractivity contribution in [2.24, 2.45) is 5.73 Å². The number of primary amides is 1. The molecule has 1 unspecified atom stereocenters. The Morgan fingerprint density at radius 1 is 1.26 bits per heavy atom. The molecule has 1 heterocycles. The monoisotopic (exact) mass is 324 g/mol. The van der Waals surface area contributed by atoms with Gasteiger partial charge in [0.05, 0.1) is 5.69 Å². The summed E-state index contributed by atoms with van der Waals surface area (Å²) in [4.78, 5) is 10.8. The topological polar surface area (TPSA) is 80.9 Å². The molecule has 0 bridgehead atoms. The Hall–Kier alpha value is -2.64. The number of benzene rings is 1. The number of rotatable bonds is 5. The number of aromatic nitrogens is 2. The molecular weight excluding hydrogens is 309 g/mol. The summed E-state index contributed by atoms with van der Waals surface area (Å²) >= 11 is 0. The first-order valence-corrected chi connectivity index (χ1v) is 6.82. The molecule has 0 aliphatic heterocycles. The number of hydrogen-bond donors (Lipinski definition) is 2. The number of carbonyl (C=O) groups excluding carboxylic acids is 1. The molecule has 122 valence electrons. The Morgan fingerprint density at radius 3 is 2.48 bits per heavy atom. The third-order valence-electron chi connectivity index (χ3n) is 3.06. The zero-order valence-corrected chi connectivity index (χ0v) is 12.3. The highest BCUT2D eigenvalue weighted by atomic mass is 19.4. The molecule has 0 saturated carbocycles. The minimum absolute atomic E-state index is 0.112. The summed E-state index contributed by atoms with van der Waals surface area (Å²) < 4.78 is 39.8. The van der Waals surface area contributed by atoms with Crippen molar-refractivity contribution >= 4 is 11.7 Å². The number of nitrogens with zero attached hydrogens (tertiary/aromatic N) is 2. The molecule has 0 fully saturated rings. The quantitative estimate of drug-likeness (QED) is 0.886. The molecule has 8 heteroatoms. The summed E-state index contributed by atoms with van der Waals surface area (Å²) in [5, 5.41) is 9.99. The molecular formula is C15H15F3N4O. The maximum atomic E-state index is 13.3. The fourth-order valence-electron chi connectivity index (χ4n) is 2.05. The van der Waals surface area contributed by atoms with Crippen LogP contribution in [0.5, 0.6) is 0 Å². The number of nitrogens with one attached hydrogen (secondary N) is 1. The Bertz CT molecular complexity index is 689. The molecule has 2 rings (SSSR count). The summed E-state index contributed by atoms with van der Waals surface area (Å²) in [6.07, 6.45) is -4.71. The van der Waals surface area contributed by atoms with E-state index in [0.29, 0.717) is 5.56 Å². The largest absolute Gasteiger partial charge is 0.420 e. The third kappa shape index (κ3) is 4.41. The Morgan fingerprint density at radius 2 is 1.91 bits per heavy atom. The number of anilines is 1. The summed E-state index contributed by atoms with van der Waals surface area (Å²) in [7, 11) is 0. The van der Waals surface area contributed by atoms with Crippen LogP contribution in [0.4, 0.5) is 19.0 Å². The van der Waals surface area contributed by atoms with Crippen LogP contribution >= 0.6 is 0 Å². The van der Waals surface area contributed by atoms with Gasteiger partial charge in [0.15, 0.2) is 5.82 Å². The minimum atomic E-state index is -4.60. The predicted octanol–water partition coefficient (Wildman–Crippen LogP) is 2.84. The molecule has 0 spiro atoms. The van der Waals surface area contributed by atoms with Gasteiger partial charge in [0.2, 0.25) is 5.91 Å². The second-order valence-electron chi connectivity index (χ2n) is 5.07. The summed E-state index contributed by atoms with van der Waals surface area (Å²) in [5.41, 5.74) is 4.74. The second-order valence-corrected chi connectivity index (χ2v) is 5.07. The van der Waals surface area contributed by atoms with Gasteiger partial charge in [-0.3, -0.25) is 4.79 Å². The summed E-state index contributed by atoms with van der Waals surface area (Å²) in [6, 6.07) is 8.78. The van der Waals surface area contributed by atoms with E-state index in [1.807, 2.05) is 0 Å². The van der Waals surface area contributed by atoms with Crippen LogP contribution in [0.1, 0.15) is 18.9 Å². The molecule has 0 saturated heterocycles. The number of hydrogen-bond acceptors (Lipinski definition) is 4. The number of halogens is 3. The minimum Gasteiger partial charge on any atom is -0.370 e. The molecule has 1 aromatic heterocycles. The maximum absolute atomic E-state index is 13.3. The van der Waals surface area contributed by atoms with Gasteiger partial charge in [-0.2, -0.15) is 13.2 Å². The van der Waals surface area contributed by atoms with Crippen molar-refractivity contribution in [1.82, 2.24) is 10.2 Å². The van der Waals surface area contributed by atoms with E-state index in [1.165, 1.54) is 6.92 Å². The number of amides is 1. The molecule has 1 amide bonds. The van der Waals surface area contributed by atoms with Gasteiger partial charge in [-0.1, -0.05) is 30.3 Å². The van der Waals surface area contributed by atoms with E-state index in [2.05, 4.69) is 15.5 Å². The van der Waals surface area contributed by atoms with Gasteiger partial charge in [-0.15, -0.1) is 10.2 Å². The van der Waals surface area contributed by atoms with Crippen molar-refractivity contribution < 1.29 is 18.0 Å². The molecule has 0 aliphatic rings. The van der Waals surface area contributed by atoms with Gasteiger partial charge >= 0.3 is 6.18 Å². The second kappa shape index (κ2) is 6.64. The lowest BCUT2D eigenvalue weighted by molar-refractivity contribution is -0.137. The fraction of sp³-hybridized carbons (Fsp3) is 0.267. The van der Waals surface area contributed by atoms with Crippen molar-refractivity contribution in [3.63, 3.8) is 0 Å². The van der Waals surface area contributed by atoms with E-state index in [0.717, 1.165) is 6.07 Å². The fourth-order valence-corrected chi connectivity index (χ4v) is 2.05. The van der Waals surface area contributed by atoms with Crippen LogP contribution in [0.15, 0.2) is 36.4 Å². The zero-order valence-electron chi connectivity index (χ0n) is 12.3. The molecule has 3 N–H and O–H groups in total. The lowest BCUT2D eigenvalue weighted by Gasteiger charge is -2.17. The molecule has 1 aromatic carbocycles. The molecule has 1 atom stereocenters. The average molecular weight is 324 g/mol. The number of carbonyl (C=O) groups is 1. The van der Waals surface area contributed by atoms with Crippen LogP contribution in [-0.4, -0.2) is 22.1 Å². The van der Waals surface area contributed by atoms with Crippen LogP contribution < -0.4 is 11.1 Å². The molecule has 23 heavy (non-hydrogen) atoms. The van der Waals surface area contributed by atoms with Crippen molar-refractivity contribution in [2.45, 2.75) is 25.6 Å². The first-order valence-electron chi connectivity index (χ1n) is 6.82. The van der Waals surface area contributed by atoms with E-state index >= 15 is 0 Å². The SMILES string of the molecule is CC(CC(N)=O)Nc1nnc(-c2ccccc2)cc1C(F)(F)F. The van der Waals surface area contributed by atoms with Crippen LogP contribution in [0.3, 0.4) is 0 Å². The number of nitrogens with two attached hydrogens (primary N) is 1. The van der Waals surface area contributed by atoms with Crippen molar-refractivity contribution in [2.75, 3.05) is 5.32 Å². The van der Waals surface area contributed by atoms with Gasteiger partial charge in [0.1, 0.15) is 5.56 Å². The molecule has 5 nitrogen and oxygen atoms in total. The van der Waals surface area contributed by atoms with Crippen LogP contribution in [-0.2, 0) is 11.0 Å². The van der Waals surface area contributed by atoms with Gasteiger partial charge in [-0.25, -0.2) is 0 Å². The molecule has 0 aliphatic carbocycles. The first kappa shape index (κ1) is 16.7. The van der Waals surface area contributed by atoms with E-state index < -0.39 is 29.5 Å². The van der Waals surface area contributed by atoms with Gasteiger partial charge < -0.3 is 11.1 Å². The molecule has 2 aromatic rings. The lowest BCUT2D eigenvalue weighted by atomic mass is 10.1. The number of alkyl halides is 3. The zero-order chi connectivity index (χ0) is 17.0. The Labute approximate surface area is 130 Å². The maximum Gasteiger partial charge on any atom is 0.420 e. The smallest absolute Gasteiger partial charge is 0.370 e.